The van der Waals surface area contributed by atoms with Crippen molar-refractivity contribution in [3.63, 3.8) is 0 Å². The van der Waals surface area contributed by atoms with E-state index in [9.17, 15) is 151 Å². The normalized spacial score (nSPS) is 45.9. The minimum atomic E-state index is -2.71. The van der Waals surface area contributed by atoms with Gasteiger partial charge in [0.1, 0.15) is 128 Å². The van der Waals surface area contributed by atoms with Gasteiger partial charge in [-0.05, 0) is 0 Å². The summed E-state index contributed by atoms with van der Waals surface area (Å²) < 4.78 is 67.1. The molecule has 7 aliphatic rings. The van der Waals surface area contributed by atoms with Crippen molar-refractivity contribution in [3.05, 3.63) is 0 Å². The summed E-state index contributed by atoms with van der Waals surface area (Å²) in [7, 11) is 0. The van der Waals surface area contributed by atoms with Crippen molar-refractivity contribution < 1.29 is 213 Å². The Kier molecular flexibility index (Phi) is 40.6. The average molecular weight is 1410 g/mol. The summed E-state index contributed by atoms with van der Waals surface area (Å²) in [5.74, 6) is -14.5. The van der Waals surface area contributed by atoms with E-state index in [0.717, 1.165) is 0 Å². The van der Waals surface area contributed by atoms with Gasteiger partial charge < -0.3 is 179 Å². The molecular formula is C42H58Na7O43. The molecule has 0 aliphatic carbocycles. The summed E-state index contributed by atoms with van der Waals surface area (Å²) in [5.41, 5.74) is 0. The zero-order chi connectivity index (χ0) is 63.4. The first-order valence-electron chi connectivity index (χ1n) is 24.6. The van der Waals surface area contributed by atoms with Gasteiger partial charge in [0.15, 0.2) is 86.8 Å². The van der Waals surface area contributed by atoms with Crippen LogP contribution in [0.4, 0.5) is 0 Å². The third-order valence-electron chi connectivity index (χ3n) is 14.3. The predicted octanol–water partition coefficient (Wildman–Crippen LogP) is -18.3. The number of aliphatic carboxylic acids is 7. The molecule has 7 heterocycles. The SMILES string of the molecule is O=C(O)[C@@H]1O[C@@H](O[C@H]2[C@H](O)[C@H](O)[C@H](O[C@H]3[C@H](O)[C@H](O)[C@H](O[C@H]4[C@H](O)[C@H](O)[C@H](O[C@H]5[C@H](O)[C@H](O)[C@H](O[C@H]6[C@H](O)[C@H](O)[C@H](O[C@H]7[C@H](O)[C@H](O)[C@H](O)O[C@H]7C(=O)O)O[C@H]6C(=O)O)O[C@H]5C(=O)O)O[C@H]4C(=O)O)O[C@H]3C(=O)O)O[C@H]2C(=O)O)[C@@H](O)[C@@H](O)[C@@H]1O.[Na].[Na].[Na].[Na].[Na].[Na].[Na]. The van der Waals surface area contributed by atoms with E-state index in [1.165, 1.54) is 0 Å². The van der Waals surface area contributed by atoms with E-state index in [2.05, 4.69) is 4.74 Å². The first-order chi connectivity index (χ1) is 39.6. The van der Waals surface area contributed by atoms with Crippen LogP contribution < -0.4 is 0 Å². The number of rotatable bonds is 19. The van der Waals surface area contributed by atoms with E-state index in [0.29, 0.717) is 0 Å². The number of hydrogen-bond acceptors (Lipinski definition) is 36. The molecule has 7 radical (unpaired) electrons. The van der Waals surface area contributed by atoms with Gasteiger partial charge in [-0.3, -0.25) is 0 Å². The van der Waals surface area contributed by atoms with Crippen LogP contribution >= 0.6 is 0 Å². The molecule has 7 saturated heterocycles. The van der Waals surface area contributed by atoms with Crippen molar-refractivity contribution in [3.8, 4) is 0 Å². The topological polar surface area (TPSA) is 705 Å². The van der Waals surface area contributed by atoms with Crippen LogP contribution in [0.5, 0.6) is 0 Å². The molecule has 7 rings (SSSR count). The third-order valence-corrected chi connectivity index (χ3v) is 14.3. The molecule has 43 nitrogen and oxygen atoms in total. The van der Waals surface area contributed by atoms with E-state index < -0.39 is 257 Å². The quantitative estimate of drug-likeness (QED) is 0.0534. The van der Waals surface area contributed by atoms with Crippen molar-refractivity contribution in [1.29, 1.82) is 0 Å². The van der Waals surface area contributed by atoms with E-state index >= 15 is 0 Å². The molecule has 50 heteroatoms. The Bertz CT molecular complexity index is 2440. The Morgan fingerprint density at radius 1 is 0.196 bits per heavy atom. The van der Waals surface area contributed by atoms with E-state index in [-0.39, 0.29) is 207 Å². The molecule has 0 aromatic carbocycles. The number of carbonyl (C=O) groups is 7. The van der Waals surface area contributed by atoms with E-state index in [1.807, 2.05) is 0 Å². The summed E-state index contributed by atoms with van der Waals surface area (Å²) in [4.78, 5) is 85.8. The molecule has 35 atom stereocenters. The van der Waals surface area contributed by atoms with Gasteiger partial charge in [-0.15, -0.1) is 0 Å². The number of carboxylic acids is 7. The Morgan fingerprint density at radius 3 is 0.533 bits per heavy atom. The van der Waals surface area contributed by atoms with E-state index in [1.54, 1.807) is 0 Å². The van der Waals surface area contributed by atoms with Crippen LogP contribution in [0, 0.1) is 0 Å². The fourth-order valence-corrected chi connectivity index (χ4v) is 9.79. The maximum Gasteiger partial charge on any atom is 0.335 e. The summed E-state index contributed by atoms with van der Waals surface area (Å²) in [5, 5.41) is 241. The standard InChI is InChI=1S/C42H58O43.7Na/c43-1-2(44)22(29(58)59)80-37(10(1)52)75-17-4(46)12(54)39(82-24(17)31(62)63)77-19-6(48)14(56)41(84-26(19)33(66)67)79-21-8(50)15(57)42(85-28(21)35(70)71)78-20-7(49)13(55)40(83-27(20)34(68)69)76-18-5(47)11(53)38(81-25(18)32(64)65)74-16-3(45)9(51)36(72)73-23(16)30(60)61;;;;;;;/h1-28,36-57,72H,(H,58,59)(H,60,61)(H,62,63)(H,64,65)(H,66,67)(H,68,69)(H,70,71);;;;;;;/t1-,2-,3+,4+,5+,6+,7+,8+,9-,10-,11-,12-,13-,14-,15-,16-,17-,18-,19-,20-,21-,22+,23+,24+,25+,26+,27+,28+,36+,37+,38+,39+,40+,41+,42+;;;;;;;/m0......./s1. The average Bonchev–Trinajstić information content (AvgIpc) is 0.817. The molecule has 0 unspecified atom stereocenters. The smallest absolute Gasteiger partial charge is 0.335 e. The maximum atomic E-state index is 12.6. The molecule has 0 aromatic heterocycles. The molecule has 0 bridgehead atoms. The molecule has 0 aromatic rings. The molecule has 0 amide bonds. The molecule has 23 N–H and O–H groups in total. The second kappa shape index (κ2) is 39.7. The van der Waals surface area contributed by atoms with Gasteiger partial charge in [-0.1, -0.05) is 0 Å². The van der Waals surface area contributed by atoms with Gasteiger partial charge in [0.2, 0.25) is 0 Å². The zero-order valence-corrected chi connectivity index (χ0v) is 63.2. The number of carboxylic acid groups (broad SMARTS) is 7. The largest absolute Gasteiger partial charge is 0.479 e. The van der Waals surface area contributed by atoms with Crippen molar-refractivity contribution in [2.45, 2.75) is 215 Å². The van der Waals surface area contributed by atoms with Gasteiger partial charge in [0.05, 0.1) is 0 Å². The van der Waals surface area contributed by atoms with Gasteiger partial charge in [-0.2, -0.15) is 0 Å². The molecule has 491 valence electrons. The molecule has 0 spiro atoms. The number of hydrogen-bond donors (Lipinski definition) is 23. The van der Waals surface area contributed by atoms with Crippen LogP contribution in [0.1, 0.15) is 0 Å². The Balaban J connectivity index is 0.0000118. The monoisotopic (exact) mass is 1410 g/mol. The fraction of sp³-hybridized carbons (Fsp3) is 0.833. The second-order valence-corrected chi connectivity index (χ2v) is 19.8. The molecule has 7 aliphatic heterocycles. The molecule has 7 fully saturated rings. The van der Waals surface area contributed by atoms with Gasteiger partial charge >= 0.3 is 41.8 Å². The van der Waals surface area contributed by atoms with Crippen LogP contribution in [0.15, 0.2) is 0 Å². The molecule has 0 saturated carbocycles. The van der Waals surface area contributed by atoms with Crippen molar-refractivity contribution >= 4 is 249 Å². The van der Waals surface area contributed by atoms with Crippen LogP contribution in [0.25, 0.3) is 0 Å². The zero-order valence-electron chi connectivity index (χ0n) is 49.2. The minimum absolute atomic E-state index is 0. The first kappa shape index (κ1) is 94.1. The summed E-state index contributed by atoms with van der Waals surface area (Å²) in [6.07, 6.45) is -88.0. The van der Waals surface area contributed by atoms with Crippen molar-refractivity contribution in [1.82, 2.24) is 0 Å². The first-order valence-corrected chi connectivity index (χ1v) is 24.6. The van der Waals surface area contributed by atoms with Crippen LogP contribution in [-0.2, 0) is 95.1 Å². The Morgan fingerprint density at radius 2 is 0.348 bits per heavy atom. The minimum Gasteiger partial charge on any atom is -0.479 e. The molecular weight excluding hydrogens is 1350 g/mol. The van der Waals surface area contributed by atoms with Crippen LogP contribution in [0.2, 0.25) is 0 Å². The van der Waals surface area contributed by atoms with Crippen molar-refractivity contribution in [2.75, 3.05) is 0 Å². The summed E-state index contributed by atoms with van der Waals surface area (Å²) in [6.45, 7) is 0. The molecule has 92 heavy (non-hydrogen) atoms. The van der Waals surface area contributed by atoms with Gasteiger partial charge in [0, 0.05) is 207 Å². The Labute approximate surface area is 667 Å². The van der Waals surface area contributed by atoms with Crippen molar-refractivity contribution in [2.24, 2.45) is 0 Å². The number of ether oxygens (including phenoxy) is 13. The maximum absolute atomic E-state index is 12.6. The second-order valence-electron chi connectivity index (χ2n) is 19.8. The van der Waals surface area contributed by atoms with Crippen LogP contribution in [0.3, 0.4) is 0 Å². The Hall–Kier alpha value is 2.13. The number of aliphatic hydroxyl groups is 16. The van der Waals surface area contributed by atoms with Gasteiger partial charge in [0.25, 0.3) is 0 Å². The summed E-state index contributed by atoms with van der Waals surface area (Å²) >= 11 is 0. The van der Waals surface area contributed by atoms with Gasteiger partial charge in [-0.25, -0.2) is 33.6 Å². The number of aliphatic hydroxyl groups excluding tert-OH is 16. The fourth-order valence-electron chi connectivity index (χ4n) is 9.79. The van der Waals surface area contributed by atoms with Crippen LogP contribution in [-0.4, -0.2) is 581 Å². The third kappa shape index (κ3) is 20.3. The predicted molar refractivity (Wildman–Crippen MR) is 276 cm³/mol. The van der Waals surface area contributed by atoms with E-state index in [4.69, 9.17) is 56.8 Å². The summed E-state index contributed by atoms with van der Waals surface area (Å²) in [6, 6.07) is 0.